The molecule has 2 aromatic carbocycles. The van der Waals surface area contributed by atoms with Gasteiger partial charge in [0.15, 0.2) is 6.10 Å². The zero-order valence-corrected chi connectivity index (χ0v) is 20.3. The van der Waals surface area contributed by atoms with Gasteiger partial charge in [0.25, 0.3) is 5.91 Å². The second-order valence-corrected chi connectivity index (χ2v) is 9.02. The fraction of sp³-hybridized carbons (Fsp3) is 0.481. The first-order chi connectivity index (χ1) is 15.7. The predicted molar refractivity (Wildman–Crippen MR) is 128 cm³/mol. The van der Waals surface area contributed by atoms with Gasteiger partial charge >= 0.3 is 0 Å². The predicted octanol–water partition coefficient (Wildman–Crippen LogP) is 4.98. The standard InChI is InChI=1S/C27H35FN2O3/c1-6-29(7-2)27(32)19(5)33-23-12-11-20-13-14-30(25(31)15-18(3)4)26(24(20)17-23)21-9-8-10-22(28)16-21/h8-12,16-19,26H,6-7,13-15H2,1-5H3. The van der Waals surface area contributed by atoms with Crippen molar-refractivity contribution in [3.63, 3.8) is 0 Å². The average molecular weight is 455 g/mol. The summed E-state index contributed by atoms with van der Waals surface area (Å²) in [5.74, 6) is 0.464. The van der Waals surface area contributed by atoms with E-state index in [4.69, 9.17) is 4.74 Å². The Bertz CT molecular complexity index is 987. The number of ether oxygens (including phenoxy) is 1. The molecule has 0 aliphatic carbocycles. The maximum Gasteiger partial charge on any atom is 0.263 e. The lowest BCUT2D eigenvalue weighted by molar-refractivity contribution is -0.137. The summed E-state index contributed by atoms with van der Waals surface area (Å²) in [7, 11) is 0. The number of amides is 2. The molecule has 0 aromatic heterocycles. The number of halogens is 1. The molecule has 0 fully saturated rings. The van der Waals surface area contributed by atoms with Gasteiger partial charge in [0.1, 0.15) is 11.6 Å². The van der Waals surface area contributed by atoms with Gasteiger partial charge in [-0.15, -0.1) is 0 Å². The van der Waals surface area contributed by atoms with E-state index in [9.17, 15) is 14.0 Å². The molecule has 5 nitrogen and oxygen atoms in total. The number of carbonyl (C=O) groups is 2. The van der Waals surface area contributed by atoms with Crippen LogP contribution in [0.25, 0.3) is 0 Å². The molecule has 2 unspecified atom stereocenters. The lowest BCUT2D eigenvalue weighted by Gasteiger charge is -2.38. The normalized spacial score (nSPS) is 16.3. The van der Waals surface area contributed by atoms with Gasteiger partial charge in [0.05, 0.1) is 6.04 Å². The molecule has 1 aliphatic heterocycles. The van der Waals surface area contributed by atoms with Crippen LogP contribution >= 0.6 is 0 Å². The highest BCUT2D eigenvalue weighted by atomic mass is 19.1. The van der Waals surface area contributed by atoms with Crippen LogP contribution in [0, 0.1) is 11.7 Å². The number of carbonyl (C=O) groups excluding carboxylic acids is 2. The highest BCUT2D eigenvalue weighted by Gasteiger charge is 2.33. The molecular weight excluding hydrogens is 419 g/mol. The van der Waals surface area contributed by atoms with Crippen LogP contribution in [0.3, 0.4) is 0 Å². The molecule has 0 N–H and O–H groups in total. The van der Waals surface area contributed by atoms with Crippen molar-refractivity contribution >= 4 is 11.8 Å². The number of hydrogen-bond acceptors (Lipinski definition) is 3. The number of fused-ring (bicyclic) bond motifs is 1. The smallest absolute Gasteiger partial charge is 0.263 e. The van der Waals surface area contributed by atoms with Crippen molar-refractivity contribution in [1.82, 2.24) is 9.80 Å². The van der Waals surface area contributed by atoms with Crippen LogP contribution < -0.4 is 4.74 Å². The minimum atomic E-state index is -0.627. The Morgan fingerprint density at radius 3 is 2.48 bits per heavy atom. The maximum absolute atomic E-state index is 14.1. The number of likely N-dealkylation sites (N-methyl/N-ethyl adjacent to an activating group) is 1. The third-order valence-corrected chi connectivity index (χ3v) is 6.15. The molecule has 3 rings (SSSR count). The van der Waals surface area contributed by atoms with Crippen LogP contribution in [0.4, 0.5) is 4.39 Å². The van der Waals surface area contributed by atoms with Crippen molar-refractivity contribution in [2.24, 2.45) is 5.92 Å². The first-order valence-electron chi connectivity index (χ1n) is 11.9. The first-order valence-corrected chi connectivity index (χ1v) is 11.9. The largest absolute Gasteiger partial charge is 0.481 e. The van der Waals surface area contributed by atoms with Crippen molar-refractivity contribution in [3.05, 3.63) is 65.0 Å². The lowest BCUT2D eigenvalue weighted by atomic mass is 9.87. The fourth-order valence-corrected chi connectivity index (χ4v) is 4.48. The Morgan fingerprint density at radius 1 is 1.12 bits per heavy atom. The summed E-state index contributed by atoms with van der Waals surface area (Å²) >= 11 is 0. The highest BCUT2D eigenvalue weighted by Crippen LogP contribution is 2.38. The van der Waals surface area contributed by atoms with Gasteiger partial charge in [0.2, 0.25) is 5.91 Å². The molecule has 0 saturated carbocycles. The molecule has 178 valence electrons. The summed E-state index contributed by atoms with van der Waals surface area (Å²) in [4.78, 5) is 29.4. The zero-order valence-electron chi connectivity index (χ0n) is 20.3. The van der Waals surface area contributed by atoms with E-state index in [1.165, 1.54) is 12.1 Å². The lowest BCUT2D eigenvalue weighted by Crippen LogP contribution is -2.41. The maximum atomic E-state index is 14.1. The van der Waals surface area contributed by atoms with Crippen LogP contribution in [0.5, 0.6) is 5.75 Å². The Balaban J connectivity index is 1.97. The van der Waals surface area contributed by atoms with Gasteiger partial charge in [-0.1, -0.05) is 32.0 Å². The second-order valence-electron chi connectivity index (χ2n) is 9.02. The van der Waals surface area contributed by atoms with Crippen molar-refractivity contribution < 1.29 is 18.7 Å². The quantitative estimate of drug-likeness (QED) is 0.565. The fourth-order valence-electron chi connectivity index (χ4n) is 4.48. The van der Waals surface area contributed by atoms with E-state index in [1.54, 1.807) is 17.9 Å². The average Bonchev–Trinajstić information content (AvgIpc) is 2.78. The van der Waals surface area contributed by atoms with Gasteiger partial charge in [-0.3, -0.25) is 9.59 Å². The van der Waals surface area contributed by atoms with Gasteiger partial charge in [-0.25, -0.2) is 4.39 Å². The topological polar surface area (TPSA) is 49.9 Å². The van der Waals surface area contributed by atoms with E-state index >= 15 is 0 Å². The van der Waals surface area contributed by atoms with E-state index in [2.05, 4.69) is 0 Å². The van der Waals surface area contributed by atoms with Gasteiger partial charge < -0.3 is 14.5 Å². The van der Waals surface area contributed by atoms with Gasteiger partial charge in [-0.2, -0.15) is 0 Å². The molecule has 33 heavy (non-hydrogen) atoms. The summed E-state index contributed by atoms with van der Waals surface area (Å²) in [6, 6.07) is 11.8. The first kappa shape index (κ1) is 24.7. The Hall–Kier alpha value is -2.89. The SMILES string of the molecule is CCN(CC)C(=O)C(C)Oc1ccc2c(c1)C(c1cccc(F)c1)N(C(=O)CC(C)C)CC2. The monoisotopic (exact) mass is 454 g/mol. The van der Waals surface area contributed by atoms with Crippen molar-refractivity contribution in [2.45, 2.75) is 59.6 Å². The minimum Gasteiger partial charge on any atom is -0.481 e. The zero-order chi connectivity index (χ0) is 24.1. The molecule has 1 aliphatic rings. The van der Waals surface area contributed by atoms with Crippen LogP contribution in [0.1, 0.15) is 63.8 Å². The van der Waals surface area contributed by atoms with Crippen molar-refractivity contribution in [1.29, 1.82) is 0 Å². The highest BCUT2D eigenvalue weighted by molar-refractivity contribution is 5.81. The van der Waals surface area contributed by atoms with Gasteiger partial charge in [0, 0.05) is 26.1 Å². The van der Waals surface area contributed by atoms with Gasteiger partial charge in [-0.05, 0) is 74.1 Å². The molecule has 0 spiro atoms. The molecule has 0 radical (unpaired) electrons. The number of hydrogen-bond donors (Lipinski definition) is 0. The summed E-state index contributed by atoms with van der Waals surface area (Å²) in [5, 5.41) is 0. The number of benzene rings is 2. The summed E-state index contributed by atoms with van der Waals surface area (Å²) in [5.41, 5.74) is 2.76. The summed E-state index contributed by atoms with van der Waals surface area (Å²) < 4.78 is 20.2. The molecule has 0 saturated heterocycles. The molecule has 1 heterocycles. The van der Waals surface area contributed by atoms with E-state index in [1.807, 2.05) is 56.9 Å². The third kappa shape index (κ3) is 5.73. The molecular formula is C27H35FN2O3. The molecule has 2 atom stereocenters. The molecule has 2 aromatic rings. The van der Waals surface area contributed by atoms with E-state index in [0.29, 0.717) is 31.8 Å². The molecule has 6 heteroatoms. The van der Waals surface area contributed by atoms with Crippen molar-refractivity contribution in [2.75, 3.05) is 19.6 Å². The van der Waals surface area contributed by atoms with Crippen LogP contribution in [-0.4, -0.2) is 47.4 Å². The Labute approximate surface area is 196 Å². The van der Waals surface area contributed by atoms with Crippen LogP contribution in [-0.2, 0) is 16.0 Å². The Kier molecular flexibility index (Phi) is 8.11. The minimum absolute atomic E-state index is 0.0568. The van der Waals surface area contributed by atoms with E-state index in [-0.39, 0.29) is 23.5 Å². The van der Waals surface area contributed by atoms with Crippen LogP contribution in [0.15, 0.2) is 42.5 Å². The summed E-state index contributed by atoms with van der Waals surface area (Å²) in [6.45, 7) is 11.5. The van der Waals surface area contributed by atoms with Crippen LogP contribution in [0.2, 0.25) is 0 Å². The van der Waals surface area contributed by atoms with E-state index < -0.39 is 12.1 Å². The number of nitrogens with zero attached hydrogens (tertiary/aromatic N) is 2. The molecule has 0 bridgehead atoms. The third-order valence-electron chi connectivity index (χ3n) is 6.15. The second kappa shape index (κ2) is 10.8. The summed E-state index contributed by atoms with van der Waals surface area (Å²) in [6.07, 6.45) is 0.532. The van der Waals surface area contributed by atoms with Crippen molar-refractivity contribution in [3.8, 4) is 5.75 Å². The Morgan fingerprint density at radius 2 is 1.85 bits per heavy atom. The van der Waals surface area contributed by atoms with E-state index in [0.717, 1.165) is 23.1 Å². The number of rotatable bonds is 8. The molecule has 2 amide bonds.